The van der Waals surface area contributed by atoms with Crippen LogP contribution in [0.2, 0.25) is 0 Å². The number of carboxylic acid groups (broad SMARTS) is 1. The summed E-state index contributed by atoms with van der Waals surface area (Å²) in [5, 5.41) is 14.2. The quantitative estimate of drug-likeness (QED) is 0.644. The molecule has 0 spiro atoms. The largest absolute Gasteiger partial charge is 0.481 e. The Balaban J connectivity index is 2.49. The lowest BCUT2D eigenvalue weighted by Crippen LogP contribution is -2.30. The van der Waals surface area contributed by atoms with Gasteiger partial charge in [-0.2, -0.15) is 0 Å². The lowest BCUT2D eigenvalue weighted by Gasteiger charge is -2.15. The number of hydrogen-bond acceptors (Lipinski definition) is 2. The van der Waals surface area contributed by atoms with Gasteiger partial charge in [0.05, 0.1) is 0 Å². The van der Waals surface area contributed by atoms with Crippen molar-refractivity contribution in [3.63, 3.8) is 0 Å². The molecule has 116 valence electrons. The average molecular weight is 292 g/mol. The molecule has 0 aliphatic heterocycles. The Hall–Kier alpha value is -2.04. The van der Waals surface area contributed by atoms with Crippen LogP contribution >= 0.6 is 0 Å². The highest BCUT2D eigenvalue weighted by Crippen LogP contribution is 2.22. The summed E-state index contributed by atoms with van der Waals surface area (Å²) < 4.78 is 0. The second-order valence-electron chi connectivity index (χ2n) is 4.89. The summed E-state index contributed by atoms with van der Waals surface area (Å²) >= 11 is 0. The number of anilines is 1. The molecule has 0 unspecified atom stereocenters. The second kappa shape index (κ2) is 9.00. The number of urea groups is 1. The number of carbonyl (C=O) groups is 2. The number of amides is 2. The minimum Gasteiger partial charge on any atom is -0.481 e. The van der Waals surface area contributed by atoms with Crippen LogP contribution < -0.4 is 10.6 Å². The summed E-state index contributed by atoms with van der Waals surface area (Å²) in [5.74, 6) is -0.802. The molecule has 0 fully saturated rings. The molecular formula is C16H24N2O3. The summed E-state index contributed by atoms with van der Waals surface area (Å²) in [6.45, 7) is 4.60. The van der Waals surface area contributed by atoms with E-state index in [1.807, 2.05) is 18.2 Å². The first-order valence-corrected chi connectivity index (χ1v) is 7.45. The highest BCUT2D eigenvalue weighted by molar-refractivity contribution is 5.91. The number of aliphatic carboxylic acids is 1. The molecule has 0 atom stereocenters. The monoisotopic (exact) mass is 292 g/mol. The predicted octanol–water partition coefficient (Wildman–Crippen LogP) is 3.19. The van der Waals surface area contributed by atoms with Crippen molar-refractivity contribution in [3.8, 4) is 0 Å². The fraction of sp³-hybridized carbons (Fsp3) is 0.500. The number of hydrogen-bond donors (Lipinski definition) is 3. The van der Waals surface area contributed by atoms with Crippen LogP contribution in [-0.4, -0.2) is 23.7 Å². The van der Waals surface area contributed by atoms with E-state index in [0.717, 1.165) is 29.7 Å². The summed E-state index contributed by atoms with van der Waals surface area (Å²) in [6.07, 6.45) is 3.10. The summed E-state index contributed by atoms with van der Waals surface area (Å²) in [6, 6.07) is 5.80. The van der Waals surface area contributed by atoms with E-state index in [2.05, 4.69) is 24.5 Å². The molecule has 2 amide bonds. The Kier molecular flexibility index (Phi) is 7.29. The highest BCUT2D eigenvalue weighted by atomic mass is 16.4. The van der Waals surface area contributed by atoms with Gasteiger partial charge in [-0.05, 0) is 36.8 Å². The van der Waals surface area contributed by atoms with Gasteiger partial charge in [-0.25, -0.2) is 4.79 Å². The van der Waals surface area contributed by atoms with E-state index in [0.29, 0.717) is 19.4 Å². The zero-order chi connectivity index (χ0) is 15.7. The van der Waals surface area contributed by atoms with Gasteiger partial charge in [-0.3, -0.25) is 4.79 Å². The van der Waals surface area contributed by atoms with Gasteiger partial charge < -0.3 is 15.7 Å². The standard InChI is InChI=1S/C16H24N2O3/c1-3-12-8-7-9-13(4-2)15(12)18-16(21)17-11-6-5-10-14(19)20/h7-9H,3-6,10-11H2,1-2H3,(H,19,20)(H2,17,18,21). The zero-order valence-corrected chi connectivity index (χ0v) is 12.7. The van der Waals surface area contributed by atoms with Crippen molar-refractivity contribution in [1.29, 1.82) is 0 Å². The van der Waals surface area contributed by atoms with Gasteiger partial charge in [-0.15, -0.1) is 0 Å². The number of unbranched alkanes of at least 4 members (excludes halogenated alkanes) is 1. The molecule has 21 heavy (non-hydrogen) atoms. The number of carboxylic acids is 1. The lowest BCUT2D eigenvalue weighted by molar-refractivity contribution is -0.137. The normalized spacial score (nSPS) is 10.2. The van der Waals surface area contributed by atoms with Crippen LogP contribution in [0.25, 0.3) is 0 Å². The van der Waals surface area contributed by atoms with E-state index < -0.39 is 5.97 Å². The first-order chi connectivity index (χ1) is 10.1. The van der Waals surface area contributed by atoms with Gasteiger partial charge in [0, 0.05) is 18.7 Å². The molecular weight excluding hydrogens is 268 g/mol. The summed E-state index contributed by atoms with van der Waals surface area (Å²) in [4.78, 5) is 22.3. The molecule has 5 nitrogen and oxygen atoms in total. The number of nitrogens with one attached hydrogen (secondary N) is 2. The Morgan fingerprint density at radius 1 is 1.10 bits per heavy atom. The molecule has 3 N–H and O–H groups in total. The molecule has 0 saturated carbocycles. The van der Waals surface area contributed by atoms with Crippen molar-refractivity contribution in [2.75, 3.05) is 11.9 Å². The minimum absolute atomic E-state index is 0.141. The van der Waals surface area contributed by atoms with Crippen LogP contribution in [0.15, 0.2) is 18.2 Å². The maximum Gasteiger partial charge on any atom is 0.319 e. The van der Waals surface area contributed by atoms with Crippen LogP contribution in [-0.2, 0) is 17.6 Å². The molecule has 0 heterocycles. The van der Waals surface area contributed by atoms with Gasteiger partial charge >= 0.3 is 12.0 Å². The number of para-hydroxylation sites is 1. The molecule has 5 heteroatoms. The van der Waals surface area contributed by atoms with Gasteiger partial charge in [0.25, 0.3) is 0 Å². The van der Waals surface area contributed by atoms with Crippen molar-refractivity contribution in [1.82, 2.24) is 5.32 Å². The van der Waals surface area contributed by atoms with E-state index >= 15 is 0 Å². The van der Waals surface area contributed by atoms with Crippen molar-refractivity contribution in [3.05, 3.63) is 29.3 Å². The Morgan fingerprint density at radius 3 is 2.24 bits per heavy atom. The van der Waals surface area contributed by atoms with Crippen molar-refractivity contribution < 1.29 is 14.7 Å². The van der Waals surface area contributed by atoms with Crippen LogP contribution in [0, 0.1) is 0 Å². The second-order valence-corrected chi connectivity index (χ2v) is 4.89. The lowest BCUT2D eigenvalue weighted by atomic mass is 10.0. The molecule has 1 aromatic carbocycles. The third-order valence-electron chi connectivity index (χ3n) is 3.34. The molecule has 0 saturated heterocycles. The van der Waals surface area contributed by atoms with Gasteiger partial charge in [0.15, 0.2) is 0 Å². The molecule has 1 aromatic rings. The van der Waals surface area contributed by atoms with E-state index in [1.165, 1.54) is 0 Å². The number of benzene rings is 1. The van der Waals surface area contributed by atoms with Crippen LogP contribution in [0.4, 0.5) is 10.5 Å². The number of aryl methyl sites for hydroxylation is 2. The minimum atomic E-state index is -0.802. The molecule has 0 radical (unpaired) electrons. The molecule has 1 rings (SSSR count). The highest BCUT2D eigenvalue weighted by Gasteiger charge is 2.09. The van der Waals surface area contributed by atoms with Crippen LogP contribution in [0.3, 0.4) is 0 Å². The van der Waals surface area contributed by atoms with Gasteiger partial charge in [0.1, 0.15) is 0 Å². The Labute approximate surface area is 125 Å². The number of rotatable bonds is 8. The number of carbonyl (C=O) groups excluding carboxylic acids is 1. The summed E-state index contributed by atoms with van der Waals surface area (Å²) in [5.41, 5.74) is 3.14. The van der Waals surface area contributed by atoms with E-state index in [9.17, 15) is 9.59 Å². The fourth-order valence-electron chi connectivity index (χ4n) is 2.16. The predicted molar refractivity (Wildman–Crippen MR) is 83.7 cm³/mol. The molecule has 0 aliphatic carbocycles. The maximum atomic E-state index is 11.9. The molecule has 0 aliphatic rings. The fourth-order valence-corrected chi connectivity index (χ4v) is 2.16. The van der Waals surface area contributed by atoms with Crippen molar-refractivity contribution >= 4 is 17.7 Å². The Morgan fingerprint density at radius 2 is 1.71 bits per heavy atom. The smallest absolute Gasteiger partial charge is 0.319 e. The SMILES string of the molecule is CCc1cccc(CC)c1NC(=O)NCCCCC(=O)O. The van der Waals surface area contributed by atoms with E-state index in [-0.39, 0.29) is 12.5 Å². The maximum absolute atomic E-state index is 11.9. The van der Waals surface area contributed by atoms with E-state index in [1.54, 1.807) is 0 Å². The van der Waals surface area contributed by atoms with Gasteiger partial charge in [-0.1, -0.05) is 32.0 Å². The van der Waals surface area contributed by atoms with Gasteiger partial charge in [0.2, 0.25) is 0 Å². The first-order valence-electron chi connectivity index (χ1n) is 7.45. The average Bonchev–Trinajstić information content (AvgIpc) is 2.46. The molecule has 0 aromatic heterocycles. The molecule has 0 bridgehead atoms. The third kappa shape index (κ3) is 5.85. The van der Waals surface area contributed by atoms with Crippen LogP contribution in [0.1, 0.15) is 44.2 Å². The van der Waals surface area contributed by atoms with Crippen molar-refractivity contribution in [2.45, 2.75) is 46.0 Å². The van der Waals surface area contributed by atoms with E-state index in [4.69, 9.17) is 5.11 Å². The van der Waals surface area contributed by atoms with Crippen LogP contribution in [0.5, 0.6) is 0 Å². The topological polar surface area (TPSA) is 78.4 Å². The summed E-state index contributed by atoms with van der Waals surface area (Å²) in [7, 11) is 0. The van der Waals surface area contributed by atoms with Crippen molar-refractivity contribution in [2.24, 2.45) is 0 Å². The zero-order valence-electron chi connectivity index (χ0n) is 12.7. The first kappa shape index (κ1) is 17.0. The Bertz CT molecular complexity index is 464. The third-order valence-corrected chi connectivity index (χ3v) is 3.34.